The van der Waals surface area contributed by atoms with Gasteiger partial charge in [-0.2, -0.15) is 0 Å². The van der Waals surface area contributed by atoms with Crippen LogP contribution in [0.3, 0.4) is 0 Å². The van der Waals surface area contributed by atoms with Crippen LogP contribution < -0.4 is 10.2 Å². The average Bonchev–Trinajstić information content (AvgIpc) is 2.67. The van der Waals surface area contributed by atoms with E-state index in [9.17, 15) is 4.79 Å². The molecule has 1 heterocycles. The summed E-state index contributed by atoms with van der Waals surface area (Å²) in [5.41, 5.74) is 2.52. The van der Waals surface area contributed by atoms with E-state index in [1.807, 2.05) is 12.1 Å². The quantitative estimate of drug-likeness (QED) is 0.834. The van der Waals surface area contributed by atoms with E-state index in [0.717, 1.165) is 62.7 Å². The SMILES string of the molecule is O=C(NCC12CC3CC(CC(C3)C1)C2)c1ccc(C[NH+]2CCOCC2)cc1. The Morgan fingerprint density at radius 3 is 2.19 bits per heavy atom. The molecule has 6 rings (SSSR count). The van der Waals surface area contributed by atoms with E-state index in [1.165, 1.54) is 44.1 Å². The fourth-order valence-corrected chi connectivity index (χ4v) is 6.78. The summed E-state index contributed by atoms with van der Waals surface area (Å²) >= 11 is 0. The molecule has 1 aliphatic heterocycles. The van der Waals surface area contributed by atoms with Crippen LogP contribution in [0.2, 0.25) is 0 Å². The van der Waals surface area contributed by atoms with E-state index in [1.54, 1.807) is 4.90 Å². The van der Waals surface area contributed by atoms with Crippen molar-refractivity contribution in [3.63, 3.8) is 0 Å². The van der Waals surface area contributed by atoms with Crippen molar-refractivity contribution in [2.24, 2.45) is 23.2 Å². The van der Waals surface area contributed by atoms with Crippen LogP contribution in [0.5, 0.6) is 0 Å². The summed E-state index contributed by atoms with van der Waals surface area (Å²) in [6.45, 7) is 5.79. The fourth-order valence-electron chi connectivity index (χ4n) is 6.78. The Hall–Kier alpha value is -1.39. The molecule has 1 amide bonds. The van der Waals surface area contributed by atoms with Gasteiger partial charge in [-0.1, -0.05) is 12.1 Å². The minimum atomic E-state index is 0.107. The van der Waals surface area contributed by atoms with E-state index in [4.69, 9.17) is 4.74 Å². The highest BCUT2D eigenvalue weighted by molar-refractivity contribution is 5.94. The first-order chi connectivity index (χ1) is 13.2. The standard InChI is InChI=1S/C23H32N2O2/c26-22(21-3-1-17(2-4-21)15-25-5-7-27-8-6-25)24-16-23-12-18-9-19(13-23)11-20(10-18)14-23/h1-4,18-20H,5-16H2,(H,24,26)/p+1. The average molecular weight is 370 g/mol. The van der Waals surface area contributed by atoms with Crippen molar-refractivity contribution in [1.29, 1.82) is 0 Å². The molecule has 4 saturated carbocycles. The lowest BCUT2D eigenvalue weighted by Crippen LogP contribution is -3.12. The van der Waals surface area contributed by atoms with Crippen molar-refractivity contribution in [3.8, 4) is 0 Å². The third kappa shape index (κ3) is 3.79. The normalized spacial score (nSPS) is 35.3. The Labute approximate surface area is 162 Å². The highest BCUT2D eigenvalue weighted by Crippen LogP contribution is 2.59. The van der Waals surface area contributed by atoms with Crippen LogP contribution in [0, 0.1) is 23.2 Å². The maximum absolute atomic E-state index is 12.7. The Kier molecular flexibility index (Phi) is 4.73. The number of quaternary nitrogens is 1. The molecule has 0 atom stereocenters. The molecule has 1 aromatic carbocycles. The summed E-state index contributed by atoms with van der Waals surface area (Å²) < 4.78 is 5.43. The maximum Gasteiger partial charge on any atom is 0.251 e. The summed E-state index contributed by atoms with van der Waals surface area (Å²) in [6, 6.07) is 8.26. The molecule has 5 aliphatic rings. The molecule has 4 nitrogen and oxygen atoms in total. The first-order valence-electron chi connectivity index (χ1n) is 11.0. The number of hydrogen-bond acceptors (Lipinski definition) is 2. The minimum absolute atomic E-state index is 0.107. The molecule has 4 heteroatoms. The number of amides is 1. The zero-order chi connectivity index (χ0) is 18.3. The smallest absolute Gasteiger partial charge is 0.251 e. The minimum Gasteiger partial charge on any atom is -0.370 e. The number of nitrogens with one attached hydrogen (secondary N) is 2. The molecule has 4 bridgehead atoms. The second-order valence-electron chi connectivity index (χ2n) is 9.84. The van der Waals surface area contributed by atoms with Crippen molar-refractivity contribution < 1.29 is 14.4 Å². The summed E-state index contributed by atoms with van der Waals surface area (Å²) in [4.78, 5) is 14.3. The van der Waals surface area contributed by atoms with Gasteiger partial charge >= 0.3 is 0 Å². The van der Waals surface area contributed by atoms with Crippen molar-refractivity contribution in [2.45, 2.75) is 45.1 Å². The number of morpholine rings is 1. The summed E-state index contributed by atoms with van der Waals surface area (Å²) in [6.07, 6.45) is 8.42. The van der Waals surface area contributed by atoms with Gasteiger partial charge in [-0.15, -0.1) is 0 Å². The number of benzene rings is 1. The van der Waals surface area contributed by atoms with Gasteiger partial charge in [0.15, 0.2) is 0 Å². The van der Waals surface area contributed by atoms with E-state index >= 15 is 0 Å². The van der Waals surface area contributed by atoms with Crippen molar-refractivity contribution in [3.05, 3.63) is 35.4 Å². The predicted molar refractivity (Wildman–Crippen MR) is 105 cm³/mol. The molecule has 0 radical (unpaired) electrons. The van der Waals surface area contributed by atoms with Crippen LogP contribution >= 0.6 is 0 Å². The van der Waals surface area contributed by atoms with Gasteiger partial charge < -0.3 is 15.0 Å². The summed E-state index contributed by atoms with van der Waals surface area (Å²) in [7, 11) is 0. The third-order valence-electron chi connectivity index (χ3n) is 7.66. The summed E-state index contributed by atoms with van der Waals surface area (Å²) in [5.74, 6) is 2.93. The van der Waals surface area contributed by atoms with Crippen molar-refractivity contribution in [2.75, 3.05) is 32.8 Å². The number of hydrogen-bond donors (Lipinski definition) is 2. The third-order valence-corrected chi connectivity index (χ3v) is 7.66. The van der Waals surface area contributed by atoms with Gasteiger partial charge in [0.2, 0.25) is 0 Å². The van der Waals surface area contributed by atoms with Crippen molar-refractivity contribution >= 4 is 5.91 Å². The molecular weight excluding hydrogens is 336 g/mol. The largest absolute Gasteiger partial charge is 0.370 e. The van der Waals surface area contributed by atoms with Crippen LogP contribution in [0.1, 0.15) is 54.4 Å². The van der Waals surface area contributed by atoms with Gasteiger partial charge in [-0.25, -0.2) is 0 Å². The molecule has 1 saturated heterocycles. The number of carbonyl (C=O) groups excluding carboxylic acids is 1. The van der Waals surface area contributed by atoms with E-state index in [2.05, 4.69) is 17.4 Å². The molecular formula is C23H33N2O2+. The zero-order valence-corrected chi connectivity index (χ0v) is 16.3. The van der Waals surface area contributed by atoms with Crippen LogP contribution in [0.15, 0.2) is 24.3 Å². The molecule has 5 fully saturated rings. The van der Waals surface area contributed by atoms with Gasteiger partial charge in [-0.3, -0.25) is 4.79 Å². The molecule has 1 aromatic rings. The fraction of sp³-hybridized carbons (Fsp3) is 0.696. The van der Waals surface area contributed by atoms with Crippen LogP contribution in [0.25, 0.3) is 0 Å². The second kappa shape index (κ2) is 7.21. The first kappa shape index (κ1) is 17.7. The topological polar surface area (TPSA) is 42.8 Å². The number of carbonyl (C=O) groups is 1. The monoisotopic (exact) mass is 369 g/mol. The Bertz CT molecular complexity index is 643. The first-order valence-corrected chi connectivity index (χ1v) is 11.0. The predicted octanol–water partition coefficient (Wildman–Crippen LogP) is 2.05. The van der Waals surface area contributed by atoms with Gasteiger partial charge in [0.1, 0.15) is 19.6 Å². The molecule has 27 heavy (non-hydrogen) atoms. The molecule has 0 spiro atoms. The molecule has 2 N–H and O–H groups in total. The van der Waals surface area contributed by atoms with Gasteiger partial charge in [0.05, 0.1) is 13.2 Å². The molecule has 4 aliphatic carbocycles. The lowest BCUT2D eigenvalue weighted by Gasteiger charge is -2.56. The lowest BCUT2D eigenvalue weighted by molar-refractivity contribution is -0.921. The Morgan fingerprint density at radius 2 is 1.59 bits per heavy atom. The van der Waals surface area contributed by atoms with Gasteiger partial charge in [0.25, 0.3) is 5.91 Å². The Balaban J connectivity index is 1.16. The Morgan fingerprint density at radius 1 is 1.00 bits per heavy atom. The molecule has 0 unspecified atom stereocenters. The van der Waals surface area contributed by atoms with Crippen LogP contribution in [-0.4, -0.2) is 38.8 Å². The maximum atomic E-state index is 12.7. The van der Waals surface area contributed by atoms with Crippen LogP contribution in [-0.2, 0) is 11.3 Å². The van der Waals surface area contributed by atoms with E-state index < -0.39 is 0 Å². The highest BCUT2D eigenvalue weighted by atomic mass is 16.5. The van der Waals surface area contributed by atoms with Gasteiger partial charge in [-0.05, 0) is 73.8 Å². The number of ether oxygens (including phenoxy) is 1. The van der Waals surface area contributed by atoms with E-state index in [-0.39, 0.29) is 5.91 Å². The van der Waals surface area contributed by atoms with Gasteiger partial charge in [0, 0.05) is 17.7 Å². The van der Waals surface area contributed by atoms with E-state index in [0.29, 0.717) is 5.41 Å². The molecule has 0 aromatic heterocycles. The number of rotatable bonds is 5. The highest BCUT2D eigenvalue weighted by Gasteiger charge is 2.50. The van der Waals surface area contributed by atoms with Crippen molar-refractivity contribution in [1.82, 2.24) is 5.32 Å². The summed E-state index contributed by atoms with van der Waals surface area (Å²) in [5, 5.41) is 3.30. The molecule has 146 valence electrons. The lowest BCUT2D eigenvalue weighted by atomic mass is 9.49. The second-order valence-corrected chi connectivity index (χ2v) is 9.84. The zero-order valence-electron chi connectivity index (χ0n) is 16.3. The van der Waals surface area contributed by atoms with Crippen LogP contribution in [0.4, 0.5) is 0 Å².